The molecule has 0 aromatic heterocycles. The number of benzene rings is 2. The fourth-order valence-corrected chi connectivity index (χ4v) is 2.56. The van der Waals surface area contributed by atoms with Crippen LogP contribution in [0.15, 0.2) is 36.4 Å². The lowest BCUT2D eigenvalue weighted by molar-refractivity contribution is 0.302. The topological polar surface area (TPSA) is 30.5 Å². The second-order valence-electron chi connectivity index (χ2n) is 5.68. The van der Waals surface area contributed by atoms with Crippen LogP contribution in [0.2, 0.25) is 0 Å². The molecule has 0 aliphatic carbocycles. The summed E-state index contributed by atoms with van der Waals surface area (Å²) in [7, 11) is 0. The van der Waals surface area contributed by atoms with Gasteiger partial charge in [-0.3, -0.25) is 0 Å². The van der Waals surface area contributed by atoms with Gasteiger partial charge in [0.2, 0.25) is 0 Å². The average molecular weight is 343 g/mol. The molecule has 128 valence electrons. The summed E-state index contributed by atoms with van der Waals surface area (Å²) >= 11 is 5.35. The minimum Gasteiger partial charge on any atom is -0.492 e. The van der Waals surface area contributed by atoms with E-state index in [1.807, 2.05) is 38.1 Å². The molecule has 0 aliphatic heterocycles. The van der Waals surface area contributed by atoms with Crippen molar-refractivity contribution in [3.63, 3.8) is 0 Å². The number of anilines is 1. The van der Waals surface area contributed by atoms with Crippen LogP contribution in [0.1, 0.15) is 37.0 Å². The van der Waals surface area contributed by atoms with Crippen LogP contribution in [-0.2, 0) is 6.61 Å². The Morgan fingerprint density at radius 3 is 2.50 bits per heavy atom. The maximum absolute atomic E-state index is 6.03. The fourth-order valence-electron chi connectivity index (χ4n) is 2.46. The highest BCUT2D eigenvalue weighted by molar-refractivity contribution is 7.80. The summed E-state index contributed by atoms with van der Waals surface area (Å²) in [5, 5.41) is 3.30. The van der Waals surface area contributed by atoms with Crippen LogP contribution < -0.4 is 14.8 Å². The summed E-state index contributed by atoms with van der Waals surface area (Å²) in [5.41, 5.74) is 4.29. The Bertz CT molecular complexity index is 713. The lowest BCUT2D eigenvalue weighted by Gasteiger charge is -2.18. The molecule has 0 unspecified atom stereocenters. The van der Waals surface area contributed by atoms with Crippen molar-refractivity contribution in [1.29, 1.82) is 0 Å². The number of ether oxygens (including phenoxy) is 2. The van der Waals surface area contributed by atoms with Gasteiger partial charge in [0.05, 0.1) is 17.3 Å². The maximum atomic E-state index is 6.03. The molecule has 2 aromatic carbocycles. The molecule has 0 spiro atoms. The highest BCUT2D eigenvalue weighted by Gasteiger charge is 2.12. The number of aryl methyl sites for hydroxylation is 2. The van der Waals surface area contributed by atoms with Crippen molar-refractivity contribution in [1.82, 2.24) is 0 Å². The molecule has 0 radical (unpaired) electrons. The Morgan fingerprint density at radius 1 is 1.04 bits per heavy atom. The predicted octanol–water partition coefficient (Wildman–Crippen LogP) is 5.43. The first-order valence-corrected chi connectivity index (χ1v) is 8.70. The molecule has 0 saturated carbocycles. The van der Waals surface area contributed by atoms with E-state index >= 15 is 0 Å². The molecule has 3 nitrogen and oxygen atoms in total. The van der Waals surface area contributed by atoms with Gasteiger partial charge in [-0.25, -0.2) is 0 Å². The lowest BCUT2D eigenvalue weighted by atomic mass is 10.1. The van der Waals surface area contributed by atoms with Crippen molar-refractivity contribution in [2.75, 3.05) is 11.9 Å². The molecule has 0 bridgehead atoms. The van der Waals surface area contributed by atoms with Crippen LogP contribution in [0.4, 0.5) is 5.69 Å². The molecule has 0 aliphatic rings. The van der Waals surface area contributed by atoms with E-state index in [1.54, 1.807) is 0 Å². The first-order chi connectivity index (χ1) is 11.5. The average Bonchev–Trinajstić information content (AvgIpc) is 2.56. The maximum Gasteiger partial charge on any atom is 0.143 e. The molecular weight excluding hydrogens is 318 g/mol. The largest absolute Gasteiger partial charge is 0.492 e. The third kappa shape index (κ3) is 4.71. The molecule has 1 N–H and O–H groups in total. The molecule has 0 atom stereocenters. The van der Waals surface area contributed by atoms with E-state index in [1.165, 1.54) is 5.56 Å². The Kier molecular flexibility index (Phi) is 6.62. The number of rotatable bonds is 7. The van der Waals surface area contributed by atoms with Gasteiger partial charge in [0.15, 0.2) is 0 Å². The highest BCUT2D eigenvalue weighted by Crippen LogP contribution is 2.30. The van der Waals surface area contributed by atoms with Crippen molar-refractivity contribution >= 4 is 22.9 Å². The number of nitrogens with one attached hydrogen (secondary N) is 1. The van der Waals surface area contributed by atoms with Gasteiger partial charge in [0, 0.05) is 5.56 Å². The summed E-state index contributed by atoms with van der Waals surface area (Å²) in [6.45, 7) is 9.21. The predicted molar refractivity (Wildman–Crippen MR) is 104 cm³/mol. The molecule has 0 fully saturated rings. The minimum atomic E-state index is 0.458. The van der Waals surface area contributed by atoms with E-state index in [2.05, 4.69) is 31.3 Å². The Balaban J connectivity index is 2.24. The van der Waals surface area contributed by atoms with Crippen molar-refractivity contribution in [3.8, 4) is 11.5 Å². The van der Waals surface area contributed by atoms with Gasteiger partial charge in [-0.1, -0.05) is 49.0 Å². The lowest BCUT2D eigenvalue weighted by Crippen LogP contribution is -2.12. The van der Waals surface area contributed by atoms with Crippen LogP contribution in [0.25, 0.3) is 0 Å². The number of hydrogen-bond donors (Lipinski definition) is 1. The van der Waals surface area contributed by atoms with E-state index < -0.39 is 0 Å². The summed E-state index contributed by atoms with van der Waals surface area (Å²) in [6, 6.07) is 12.2. The Hall–Kier alpha value is -2.07. The zero-order chi connectivity index (χ0) is 17.5. The number of thiocarbonyl (C=S) groups is 1. The van der Waals surface area contributed by atoms with E-state index in [9.17, 15) is 0 Å². The molecule has 24 heavy (non-hydrogen) atoms. The molecule has 4 heteroatoms. The molecule has 2 aromatic rings. The Labute approximate surface area is 150 Å². The minimum absolute atomic E-state index is 0.458. The van der Waals surface area contributed by atoms with Gasteiger partial charge in [-0.2, -0.15) is 0 Å². The van der Waals surface area contributed by atoms with Crippen LogP contribution in [0.3, 0.4) is 0 Å². The van der Waals surface area contributed by atoms with Gasteiger partial charge < -0.3 is 14.8 Å². The third-order valence-corrected chi connectivity index (χ3v) is 4.10. The fraction of sp³-hybridized carbons (Fsp3) is 0.350. The second kappa shape index (κ2) is 8.69. The van der Waals surface area contributed by atoms with Gasteiger partial charge in [0.1, 0.15) is 18.1 Å². The monoisotopic (exact) mass is 343 g/mol. The molecular formula is C20H25NO2S. The zero-order valence-corrected chi connectivity index (χ0v) is 15.6. The highest BCUT2D eigenvalue weighted by atomic mass is 32.1. The quantitative estimate of drug-likeness (QED) is 0.679. The van der Waals surface area contributed by atoms with Gasteiger partial charge in [0.25, 0.3) is 0 Å². The molecule has 0 heterocycles. The van der Waals surface area contributed by atoms with Crippen LogP contribution in [0, 0.1) is 13.8 Å². The van der Waals surface area contributed by atoms with E-state index in [0.29, 0.717) is 13.2 Å². The molecule has 0 amide bonds. The van der Waals surface area contributed by atoms with E-state index in [-0.39, 0.29) is 0 Å². The molecule has 2 rings (SSSR count). The summed E-state index contributed by atoms with van der Waals surface area (Å²) in [5.74, 6) is 1.70. The van der Waals surface area contributed by atoms with Crippen molar-refractivity contribution in [2.24, 2.45) is 0 Å². The van der Waals surface area contributed by atoms with Crippen molar-refractivity contribution in [2.45, 2.75) is 40.7 Å². The first-order valence-electron chi connectivity index (χ1n) is 8.29. The normalized spacial score (nSPS) is 10.3. The summed E-state index contributed by atoms with van der Waals surface area (Å²) < 4.78 is 11.8. The van der Waals surface area contributed by atoms with Crippen LogP contribution in [-0.4, -0.2) is 11.6 Å². The number of hydrogen-bond acceptors (Lipinski definition) is 3. The standard InChI is InChI=1S/C20H25NO2S/c1-5-19(24)21-20-16(8-7-9-18(20)22-6-2)13-23-17-11-10-14(3)12-15(17)4/h7-12H,5-6,13H2,1-4H3,(H,21,24). The van der Waals surface area contributed by atoms with Crippen LogP contribution >= 0.6 is 12.2 Å². The first kappa shape index (κ1) is 18.3. The third-order valence-electron chi connectivity index (χ3n) is 3.71. The van der Waals surface area contributed by atoms with Gasteiger partial charge >= 0.3 is 0 Å². The van der Waals surface area contributed by atoms with E-state index in [4.69, 9.17) is 21.7 Å². The summed E-state index contributed by atoms with van der Waals surface area (Å²) in [6.07, 6.45) is 0.785. The van der Waals surface area contributed by atoms with Crippen molar-refractivity contribution < 1.29 is 9.47 Å². The summed E-state index contributed by atoms with van der Waals surface area (Å²) in [4.78, 5) is 0.787. The SMILES string of the molecule is CCOc1cccc(COc2ccc(C)cc2C)c1NC(=S)CC. The number of para-hydroxylation sites is 1. The molecule has 0 saturated heterocycles. The second-order valence-corrected chi connectivity index (χ2v) is 6.18. The van der Waals surface area contributed by atoms with Gasteiger partial charge in [-0.05, 0) is 44.9 Å². The Morgan fingerprint density at radius 2 is 1.83 bits per heavy atom. The zero-order valence-electron chi connectivity index (χ0n) is 14.8. The van der Waals surface area contributed by atoms with Crippen molar-refractivity contribution in [3.05, 3.63) is 53.1 Å². The van der Waals surface area contributed by atoms with E-state index in [0.717, 1.165) is 39.7 Å². The van der Waals surface area contributed by atoms with Gasteiger partial charge in [-0.15, -0.1) is 0 Å². The smallest absolute Gasteiger partial charge is 0.143 e. The van der Waals surface area contributed by atoms with Crippen LogP contribution in [0.5, 0.6) is 11.5 Å².